The lowest BCUT2D eigenvalue weighted by Crippen LogP contribution is -2.58. The Morgan fingerprint density at radius 2 is 1.60 bits per heavy atom. The molecule has 13 heteroatoms. The van der Waals surface area contributed by atoms with Crippen LogP contribution in [0.3, 0.4) is 0 Å². The summed E-state index contributed by atoms with van der Waals surface area (Å²) in [6, 6.07) is -4.54. The average molecular weight is 498 g/mol. The molecule has 0 saturated heterocycles. The molecule has 3 amide bonds. The molecule has 0 spiro atoms. The van der Waals surface area contributed by atoms with Crippen molar-refractivity contribution in [3.8, 4) is 0 Å². The first-order chi connectivity index (χ1) is 16.5. The molecule has 1 aromatic rings. The monoisotopic (exact) mass is 497 g/mol. The van der Waals surface area contributed by atoms with Crippen LogP contribution in [0.25, 0.3) is 0 Å². The molecule has 1 heterocycles. The van der Waals surface area contributed by atoms with Crippen LogP contribution in [0.4, 0.5) is 0 Å². The minimum absolute atomic E-state index is 0.00382. The van der Waals surface area contributed by atoms with Crippen LogP contribution in [-0.4, -0.2) is 80.7 Å². The number of aliphatic hydroxyl groups is 1. The third-order valence-electron chi connectivity index (χ3n) is 5.34. The van der Waals surface area contributed by atoms with Crippen LogP contribution >= 0.6 is 0 Å². The van der Waals surface area contributed by atoms with Gasteiger partial charge in [0.2, 0.25) is 17.7 Å². The molecule has 13 nitrogen and oxygen atoms in total. The number of carboxylic acids is 1. The molecular weight excluding hydrogens is 458 g/mol. The molecule has 0 saturated carbocycles. The van der Waals surface area contributed by atoms with Crippen LogP contribution < -0.4 is 27.4 Å². The van der Waals surface area contributed by atoms with Crippen molar-refractivity contribution >= 4 is 23.7 Å². The van der Waals surface area contributed by atoms with Gasteiger partial charge in [-0.25, -0.2) is 9.78 Å². The molecule has 35 heavy (non-hydrogen) atoms. The van der Waals surface area contributed by atoms with Crippen LogP contribution in [0.2, 0.25) is 0 Å². The molecular formula is C22H39N7O6. The van der Waals surface area contributed by atoms with Gasteiger partial charge in [-0.3, -0.25) is 14.4 Å². The van der Waals surface area contributed by atoms with Crippen molar-refractivity contribution < 1.29 is 29.4 Å². The summed E-state index contributed by atoms with van der Waals surface area (Å²) in [7, 11) is 0. The summed E-state index contributed by atoms with van der Waals surface area (Å²) in [6.07, 6.45) is 3.37. The standard InChI is InChI=1S/C22H39N7O6/c1-12(2)8-16(19(31)27-15(22(34)35)6-4-5-7-23)28-20(32)17(9-14-10-25-11-26-14)29-21(33)18(24)13(3)30/h10-13,15-18,30H,4-9,23-24H2,1-3H3,(H,25,26)(H,27,31)(H,28,32)(H,29,33)(H,34,35). The summed E-state index contributed by atoms with van der Waals surface area (Å²) < 4.78 is 0. The van der Waals surface area contributed by atoms with Gasteiger partial charge in [0.15, 0.2) is 0 Å². The summed E-state index contributed by atoms with van der Waals surface area (Å²) in [6.45, 7) is 5.47. The Hall–Kier alpha value is -3.03. The number of carbonyl (C=O) groups is 4. The van der Waals surface area contributed by atoms with E-state index in [1.807, 2.05) is 13.8 Å². The number of nitrogens with two attached hydrogens (primary N) is 2. The minimum atomic E-state index is -1.26. The van der Waals surface area contributed by atoms with E-state index in [2.05, 4.69) is 25.9 Å². The number of aliphatic hydroxyl groups excluding tert-OH is 1. The first-order valence-electron chi connectivity index (χ1n) is 11.7. The highest BCUT2D eigenvalue weighted by molar-refractivity contribution is 5.94. The summed E-state index contributed by atoms with van der Waals surface area (Å²) >= 11 is 0. The average Bonchev–Trinajstić information content (AvgIpc) is 3.29. The van der Waals surface area contributed by atoms with Gasteiger partial charge in [0, 0.05) is 18.3 Å². The van der Waals surface area contributed by atoms with Crippen LogP contribution in [0, 0.1) is 5.92 Å². The molecule has 10 N–H and O–H groups in total. The van der Waals surface area contributed by atoms with Crippen molar-refractivity contribution in [1.82, 2.24) is 25.9 Å². The summed E-state index contributed by atoms with van der Waals surface area (Å²) in [4.78, 5) is 56.9. The number of carboxylic acid groups (broad SMARTS) is 1. The number of H-pyrrole nitrogens is 1. The fourth-order valence-electron chi connectivity index (χ4n) is 3.31. The molecule has 0 radical (unpaired) electrons. The van der Waals surface area contributed by atoms with Gasteiger partial charge in [-0.2, -0.15) is 0 Å². The molecule has 5 unspecified atom stereocenters. The van der Waals surface area contributed by atoms with Gasteiger partial charge in [0.25, 0.3) is 0 Å². The van der Waals surface area contributed by atoms with E-state index in [-0.39, 0.29) is 25.2 Å². The number of aromatic nitrogens is 2. The van der Waals surface area contributed by atoms with Crippen molar-refractivity contribution in [1.29, 1.82) is 0 Å². The second kappa shape index (κ2) is 15.1. The van der Waals surface area contributed by atoms with Gasteiger partial charge in [-0.1, -0.05) is 13.8 Å². The van der Waals surface area contributed by atoms with E-state index in [1.54, 1.807) is 0 Å². The summed E-state index contributed by atoms with van der Waals surface area (Å²) in [5.74, 6) is -3.23. The summed E-state index contributed by atoms with van der Waals surface area (Å²) in [5, 5.41) is 26.7. The predicted molar refractivity (Wildman–Crippen MR) is 128 cm³/mol. The molecule has 5 atom stereocenters. The van der Waals surface area contributed by atoms with Gasteiger partial charge in [-0.15, -0.1) is 0 Å². The zero-order chi connectivity index (χ0) is 26.5. The largest absolute Gasteiger partial charge is 0.480 e. The lowest BCUT2D eigenvalue weighted by atomic mass is 10.0. The van der Waals surface area contributed by atoms with Gasteiger partial charge < -0.3 is 42.6 Å². The normalized spacial score (nSPS) is 15.5. The highest BCUT2D eigenvalue weighted by atomic mass is 16.4. The van der Waals surface area contributed by atoms with E-state index in [1.165, 1.54) is 19.4 Å². The Morgan fingerprint density at radius 1 is 1.00 bits per heavy atom. The molecule has 0 bridgehead atoms. The number of imidazole rings is 1. The number of nitrogens with one attached hydrogen (secondary N) is 4. The lowest BCUT2D eigenvalue weighted by Gasteiger charge is -2.26. The Kier molecular flexibility index (Phi) is 12.9. The quantitative estimate of drug-likeness (QED) is 0.123. The number of aromatic amines is 1. The van der Waals surface area contributed by atoms with Crippen LogP contribution in [0.15, 0.2) is 12.5 Å². The van der Waals surface area contributed by atoms with Crippen LogP contribution in [0.5, 0.6) is 0 Å². The number of hydrogen-bond donors (Lipinski definition) is 8. The molecule has 198 valence electrons. The first kappa shape index (κ1) is 30.0. The number of carbonyl (C=O) groups excluding carboxylic acids is 3. The van der Waals surface area contributed by atoms with E-state index in [4.69, 9.17) is 11.5 Å². The van der Waals surface area contributed by atoms with Crippen LogP contribution in [0.1, 0.15) is 52.1 Å². The molecule has 1 rings (SSSR count). The number of aliphatic carboxylic acids is 1. The molecule has 0 aromatic carbocycles. The smallest absolute Gasteiger partial charge is 0.326 e. The van der Waals surface area contributed by atoms with E-state index in [9.17, 15) is 29.4 Å². The zero-order valence-corrected chi connectivity index (χ0v) is 20.5. The van der Waals surface area contributed by atoms with Gasteiger partial charge in [-0.05, 0) is 45.1 Å². The number of hydrogen-bond acceptors (Lipinski definition) is 8. The highest BCUT2D eigenvalue weighted by Crippen LogP contribution is 2.09. The second-order valence-corrected chi connectivity index (χ2v) is 8.98. The predicted octanol–water partition coefficient (Wildman–Crippen LogP) is -1.63. The van der Waals surface area contributed by atoms with Crippen molar-refractivity contribution in [3.63, 3.8) is 0 Å². The summed E-state index contributed by atoms with van der Waals surface area (Å²) in [5.41, 5.74) is 11.7. The van der Waals surface area contributed by atoms with Crippen LogP contribution in [-0.2, 0) is 25.6 Å². The van der Waals surface area contributed by atoms with Crippen molar-refractivity contribution in [2.24, 2.45) is 17.4 Å². The number of unbranched alkanes of at least 4 members (excludes halogenated alkanes) is 1. The molecule has 1 aromatic heterocycles. The third kappa shape index (κ3) is 10.8. The maximum absolute atomic E-state index is 13.2. The van der Waals surface area contributed by atoms with E-state index in [0.29, 0.717) is 25.1 Å². The Morgan fingerprint density at radius 3 is 2.11 bits per heavy atom. The Labute approximate surface area is 204 Å². The SMILES string of the molecule is CC(C)CC(NC(=O)C(Cc1cnc[nH]1)NC(=O)C(N)C(C)O)C(=O)NC(CCCCN)C(=O)O. The van der Waals surface area contributed by atoms with E-state index in [0.717, 1.165) is 0 Å². The van der Waals surface area contributed by atoms with Crippen molar-refractivity contribution in [2.45, 2.75) is 83.1 Å². The zero-order valence-electron chi connectivity index (χ0n) is 20.5. The van der Waals surface area contributed by atoms with Gasteiger partial charge in [0.05, 0.1) is 12.4 Å². The van der Waals surface area contributed by atoms with Gasteiger partial charge in [0.1, 0.15) is 24.2 Å². The Bertz CT molecular complexity index is 815. The number of amides is 3. The Balaban J connectivity index is 3.02. The van der Waals surface area contributed by atoms with Gasteiger partial charge >= 0.3 is 5.97 Å². The third-order valence-corrected chi connectivity index (χ3v) is 5.34. The van der Waals surface area contributed by atoms with Crippen molar-refractivity contribution in [3.05, 3.63) is 18.2 Å². The maximum atomic E-state index is 13.2. The van der Waals surface area contributed by atoms with E-state index < -0.39 is 54.0 Å². The topological polar surface area (TPSA) is 226 Å². The maximum Gasteiger partial charge on any atom is 0.326 e. The minimum Gasteiger partial charge on any atom is -0.480 e. The number of rotatable bonds is 16. The number of nitrogens with zero attached hydrogens (tertiary/aromatic N) is 1. The fourth-order valence-corrected chi connectivity index (χ4v) is 3.31. The molecule has 0 aliphatic carbocycles. The second-order valence-electron chi connectivity index (χ2n) is 8.98. The molecule has 0 fully saturated rings. The lowest BCUT2D eigenvalue weighted by molar-refractivity contribution is -0.142. The first-order valence-corrected chi connectivity index (χ1v) is 11.7. The van der Waals surface area contributed by atoms with E-state index >= 15 is 0 Å². The fraction of sp³-hybridized carbons (Fsp3) is 0.682. The van der Waals surface area contributed by atoms with Crippen molar-refractivity contribution in [2.75, 3.05) is 6.54 Å². The molecule has 0 aliphatic heterocycles. The highest BCUT2D eigenvalue weighted by Gasteiger charge is 2.31. The molecule has 0 aliphatic rings.